The van der Waals surface area contributed by atoms with Crippen molar-refractivity contribution in [1.29, 1.82) is 0 Å². The average Bonchev–Trinajstić information content (AvgIpc) is 0.791. The van der Waals surface area contributed by atoms with E-state index in [1.165, 1.54) is 25.7 Å². The van der Waals surface area contributed by atoms with Crippen LogP contribution in [-0.2, 0) is 172 Å². The monoisotopic (exact) mass is 2010 g/mol. The van der Waals surface area contributed by atoms with E-state index in [2.05, 4.69) is 53.2 Å². The van der Waals surface area contributed by atoms with Gasteiger partial charge in [0.2, 0.25) is 76.9 Å². The van der Waals surface area contributed by atoms with Gasteiger partial charge in [0.25, 0.3) is 0 Å². The average molecular weight is 2010 g/mol. The van der Waals surface area contributed by atoms with Gasteiger partial charge in [0.1, 0.15) is 63.0 Å². The van der Waals surface area contributed by atoms with Crippen molar-refractivity contribution < 1.29 is 177 Å². The fourth-order valence-corrected chi connectivity index (χ4v) is 14.7. The van der Waals surface area contributed by atoms with Crippen molar-refractivity contribution in [2.45, 2.75) is 291 Å². The van der Waals surface area contributed by atoms with E-state index in [1.54, 1.807) is 9.80 Å². The van der Waals surface area contributed by atoms with Crippen LogP contribution in [-0.4, -0.2) is 367 Å². The van der Waals surface area contributed by atoms with Crippen molar-refractivity contribution in [3.8, 4) is 0 Å². The highest BCUT2D eigenvalue weighted by molar-refractivity contribution is 5.81. The first kappa shape index (κ1) is 119. The van der Waals surface area contributed by atoms with Gasteiger partial charge in [-0.15, -0.1) is 0 Å². The highest BCUT2D eigenvalue weighted by atomic mass is 16.7. The molecule has 5 rings (SSSR count). The van der Waals surface area contributed by atoms with Crippen molar-refractivity contribution in [3.63, 3.8) is 0 Å². The maximum absolute atomic E-state index is 13.7. The lowest BCUT2D eigenvalue weighted by molar-refractivity contribution is -0.277. The SMILES string of the molecule is CC(=O)NC1C(OCCCCC(=O)NCCCNC(=O)CCNc2nc(N3CCN(C(=O)CCCC(=O)O)CC3)nc(N(CCC(=O)NCCCNC(=O)CCCCOC3OC(COC(C)=O)C(OC(C)=O)C(OC(C)=O)C3NC(C)=O)COCCC(=O)NCCCNC(=O)CCCCOC3OC(COC(C)=O)C(OC(C)=O)C(OC(C)=O)C3NC(C)=O)n2)OC(COC(C)=O)C(OC(C)=O)C1OC(C)=O. The summed E-state index contributed by atoms with van der Waals surface area (Å²) < 4.78 is 90.4. The van der Waals surface area contributed by atoms with E-state index in [4.69, 9.17) is 90.7 Å². The summed E-state index contributed by atoms with van der Waals surface area (Å²) in [5.74, 6) is -11.7. The number of carboxylic acids is 1. The molecular formula is C88H138N16O37. The minimum absolute atomic E-state index is 0.00795. The molecule has 792 valence electrons. The molecule has 141 heavy (non-hydrogen) atoms. The molecule has 15 atom stereocenters. The van der Waals surface area contributed by atoms with Gasteiger partial charge in [-0.25, -0.2) is 0 Å². The predicted octanol–water partition coefficient (Wildman–Crippen LogP) is -2.47. The van der Waals surface area contributed by atoms with Gasteiger partial charge >= 0.3 is 59.7 Å². The van der Waals surface area contributed by atoms with Crippen molar-refractivity contribution in [1.82, 2.24) is 67.7 Å². The fourth-order valence-electron chi connectivity index (χ4n) is 14.7. The van der Waals surface area contributed by atoms with Gasteiger partial charge in [-0.2, -0.15) is 15.0 Å². The fraction of sp³-hybridized carbons (Fsp3) is 0.739. The van der Waals surface area contributed by atoms with Crippen LogP contribution >= 0.6 is 0 Å². The molecule has 0 radical (unpaired) electrons. The lowest BCUT2D eigenvalue weighted by atomic mass is 9.96. The number of carbonyl (C=O) groups excluding carboxylic acids is 19. The van der Waals surface area contributed by atoms with E-state index < -0.39 is 201 Å². The minimum atomic E-state index is -1.33. The number of rotatable bonds is 63. The number of hydrogen-bond acceptors (Lipinski definition) is 42. The van der Waals surface area contributed by atoms with E-state index in [1.807, 2.05) is 0 Å². The molecule has 1 aromatic rings. The maximum atomic E-state index is 13.7. The Kier molecular flexibility index (Phi) is 54.7. The molecule has 0 spiro atoms. The van der Waals surface area contributed by atoms with Crippen molar-refractivity contribution >= 4 is 137 Å². The second kappa shape index (κ2) is 64.8. The summed E-state index contributed by atoms with van der Waals surface area (Å²) in [6.07, 6.45) is -12.8. The standard InChI is InChI=1S/C88H138N16O37/c1-51(105)96-74-80(136-60(10)114)77(133-57(7)111)63(47-130-54(4)108)139-83(74)127-43-16-13-23-66(117)89-31-20-34-92-69(120)28-37-95-86-99-87(103-41-39-102(40-42-103)72(123)26-19-27-73(124)125)101-88(100-86)104(38-29-70(121)93-35-21-32-90-67(118)24-14-17-44-128-84-75(97-52(2)106)81(137-61(11)115)78(134-58(8)112)64(140-84)48-131-55(5)109)50-126-46-30-71(122)94-36-22-33-91-68(119)25-15-18-45-129-85-76(98-53(3)107)82(138-62(12)116)79(135-59(9)113)65(141-85)49-132-56(6)110/h63-65,74-85H,13-50H2,1-12H3,(H,89,117)(H,90,118)(H,91,119)(H,92,120)(H,93,121)(H,94,122)(H,96,105)(H,97,106)(H,98,107)(H,124,125)(H,95,99,100,101). The van der Waals surface area contributed by atoms with Crippen LogP contribution in [0.15, 0.2) is 0 Å². The summed E-state index contributed by atoms with van der Waals surface area (Å²) in [4.78, 5) is 268. The Morgan fingerprint density at radius 2 is 0.681 bits per heavy atom. The Hall–Kier alpha value is -12.5. The molecule has 1 aromatic heterocycles. The van der Waals surface area contributed by atoms with E-state index in [-0.39, 0.29) is 217 Å². The normalized spacial score (nSPS) is 21.3. The summed E-state index contributed by atoms with van der Waals surface area (Å²) in [5.41, 5.74) is 0. The second-order valence-corrected chi connectivity index (χ2v) is 33.2. The van der Waals surface area contributed by atoms with E-state index in [9.17, 15) is 101 Å². The quantitative estimate of drug-likeness (QED) is 0.0139. The number of nitrogens with zero attached hydrogens (tertiary/aromatic N) is 6. The van der Waals surface area contributed by atoms with E-state index >= 15 is 0 Å². The lowest BCUT2D eigenvalue weighted by Crippen LogP contribution is -2.66. The number of carbonyl (C=O) groups is 20. The number of aromatic nitrogens is 3. The van der Waals surface area contributed by atoms with Crippen LogP contribution < -0.4 is 63.0 Å². The highest BCUT2D eigenvalue weighted by Crippen LogP contribution is 2.33. The third-order valence-electron chi connectivity index (χ3n) is 21.0. The number of anilines is 3. The van der Waals surface area contributed by atoms with Gasteiger partial charge in [0, 0.05) is 226 Å². The van der Waals surface area contributed by atoms with Crippen LogP contribution in [0.5, 0.6) is 0 Å². The van der Waals surface area contributed by atoms with Crippen LogP contribution in [0.25, 0.3) is 0 Å². The third-order valence-corrected chi connectivity index (χ3v) is 21.0. The topological polar surface area (TPSA) is 678 Å². The zero-order valence-corrected chi connectivity index (χ0v) is 81.9. The Morgan fingerprint density at radius 3 is 1.01 bits per heavy atom. The van der Waals surface area contributed by atoms with Gasteiger partial charge in [-0.1, -0.05) is 0 Å². The van der Waals surface area contributed by atoms with Gasteiger partial charge in [0.15, 0.2) is 55.5 Å². The van der Waals surface area contributed by atoms with Gasteiger partial charge < -0.3 is 149 Å². The van der Waals surface area contributed by atoms with Gasteiger partial charge in [0.05, 0.1) is 13.0 Å². The number of amides is 10. The molecule has 53 nitrogen and oxygen atoms in total. The largest absolute Gasteiger partial charge is 0.481 e. The Bertz CT molecular complexity index is 4300. The molecular weight excluding hydrogens is 1870 g/mol. The van der Waals surface area contributed by atoms with Crippen LogP contribution in [0.2, 0.25) is 0 Å². The molecule has 4 aliphatic heterocycles. The van der Waals surface area contributed by atoms with Crippen LogP contribution in [0.4, 0.5) is 17.8 Å². The number of esters is 9. The molecule has 0 aromatic carbocycles. The smallest absolute Gasteiger partial charge is 0.303 e. The number of nitrogens with one attached hydrogen (secondary N) is 10. The molecule has 4 aliphatic rings. The van der Waals surface area contributed by atoms with Gasteiger partial charge in [-0.05, 0) is 64.2 Å². The second-order valence-electron chi connectivity index (χ2n) is 33.2. The Balaban J connectivity index is 1.20. The number of piperazine rings is 1. The number of carboxylic acid groups (broad SMARTS) is 1. The summed E-state index contributed by atoms with van der Waals surface area (Å²) in [7, 11) is 0. The van der Waals surface area contributed by atoms with Crippen LogP contribution in [0.3, 0.4) is 0 Å². The molecule has 0 bridgehead atoms. The molecule has 0 aliphatic carbocycles. The molecule has 4 fully saturated rings. The zero-order chi connectivity index (χ0) is 104. The molecule has 53 heteroatoms. The van der Waals surface area contributed by atoms with Gasteiger partial charge in [-0.3, -0.25) is 95.9 Å². The van der Waals surface area contributed by atoms with Crippen molar-refractivity contribution in [3.05, 3.63) is 0 Å². The minimum Gasteiger partial charge on any atom is -0.481 e. The number of hydrogen-bond donors (Lipinski definition) is 11. The Morgan fingerprint density at radius 1 is 0.348 bits per heavy atom. The number of unbranched alkanes of at least 4 members (excludes halogenated alkanes) is 3. The third kappa shape index (κ3) is 48.0. The molecule has 5 heterocycles. The number of ether oxygens (including phenoxy) is 16. The van der Waals surface area contributed by atoms with Crippen LogP contribution in [0, 0.1) is 0 Å². The highest BCUT2D eigenvalue weighted by Gasteiger charge is 2.55. The van der Waals surface area contributed by atoms with E-state index in [0.29, 0.717) is 57.8 Å². The van der Waals surface area contributed by atoms with Crippen molar-refractivity contribution in [2.75, 3.05) is 147 Å². The summed E-state index contributed by atoms with van der Waals surface area (Å²) in [6.45, 7) is 13.6. The molecule has 15 unspecified atom stereocenters. The molecule has 4 saturated heterocycles. The Labute approximate surface area is 815 Å². The summed E-state index contributed by atoms with van der Waals surface area (Å²) >= 11 is 0. The first-order valence-corrected chi connectivity index (χ1v) is 46.8. The first-order chi connectivity index (χ1) is 67.0. The maximum Gasteiger partial charge on any atom is 0.303 e. The summed E-state index contributed by atoms with van der Waals surface area (Å²) in [5, 5.41) is 37.0. The van der Waals surface area contributed by atoms with Crippen molar-refractivity contribution in [2.24, 2.45) is 0 Å². The molecule has 11 N–H and O–H groups in total. The summed E-state index contributed by atoms with van der Waals surface area (Å²) in [6, 6.07) is -3.54. The first-order valence-electron chi connectivity index (χ1n) is 46.8. The zero-order valence-electron chi connectivity index (χ0n) is 81.9. The number of aliphatic carboxylic acids is 1. The lowest BCUT2D eigenvalue weighted by Gasteiger charge is -2.44. The predicted molar refractivity (Wildman–Crippen MR) is 484 cm³/mol. The molecule has 10 amide bonds. The van der Waals surface area contributed by atoms with Crippen LogP contribution in [0.1, 0.15) is 199 Å². The molecule has 0 saturated carbocycles. The van der Waals surface area contributed by atoms with E-state index in [0.717, 1.165) is 62.3 Å².